The van der Waals surface area contributed by atoms with Gasteiger partial charge in [0.1, 0.15) is 16.0 Å². The number of nitrogens with one attached hydrogen (secondary N) is 1. The summed E-state index contributed by atoms with van der Waals surface area (Å²) in [6.07, 6.45) is 8.71. The summed E-state index contributed by atoms with van der Waals surface area (Å²) in [5.74, 6) is -0.174. The van der Waals surface area contributed by atoms with Gasteiger partial charge >= 0.3 is 0 Å². The molecular weight excluding hydrogens is 382 g/mol. The van der Waals surface area contributed by atoms with Gasteiger partial charge in [-0.25, -0.2) is 4.98 Å². The fourth-order valence-corrected chi connectivity index (χ4v) is 4.74. The van der Waals surface area contributed by atoms with Crippen molar-refractivity contribution in [2.45, 2.75) is 45.1 Å². The predicted octanol–water partition coefficient (Wildman–Crippen LogP) is 4.23. The maximum absolute atomic E-state index is 12.9. The summed E-state index contributed by atoms with van der Waals surface area (Å²) in [7, 11) is 0. The van der Waals surface area contributed by atoms with Crippen molar-refractivity contribution in [2.75, 3.05) is 11.9 Å². The van der Waals surface area contributed by atoms with Gasteiger partial charge in [-0.3, -0.25) is 10.1 Å². The molecule has 0 radical (unpaired) electrons. The highest BCUT2D eigenvalue weighted by atomic mass is 32.1. The molecule has 9 heteroatoms. The lowest BCUT2D eigenvalue weighted by Crippen LogP contribution is -2.12. The molecule has 1 fully saturated rings. The number of unbranched alkanes of at least 4 members (excludes halogenated alkanes) is 1. The number of hydrogen-bond donors (Lipinski definition) is 1. The van der Waals surface area contributed by atoms with Crippen LogP contribution in [-0.2, 0) is 11.2 Å². The van der Waals surface area contributed by atoms with Crippen LogP contribution < -0.4 is 5.32 Å². The molecule has 4 rings (SSSR count). The highest BCUT2D eigenvalue weighted by Crippen LogP contribution is 2.32. The largest absolute Gasteiger partial charge is 0.371 e. The smallest absolute Gasteiger partial charge is 0.269 e. The Morgan fingerprint density at radius 2 is 2.19 bits per heavy atom. The molecule has 3 aromatic heterocycles. The second kappa shape index (κ2) is 8.28. The maximum atomic E-state index is 12.9. The molecule has 1 atom stereocenters. The van der Waals surface area contributed by atoms with Gasteiger partial charge in [0.25, 0.3) is 5.91 Å². The van der Waals surface area contributed by atoms with Gasteiger partial charge in [0.2, 0.25) is 5.13 Å². The van der Waals surface area contributed by atoms with Crippen LogP contribution in [0.1, 0.15) is 59.1 Å². The predicted molar refractivity (Wildman–Crippen MR) is 106 cm³/mol. The molecule has 0 spiro atoms. The number of carbonyl (C=O) groups excluding carboxylic acids is 1. The van der Waals surface area contributed by atoms with Crippen molar-refractivity contribution < 1.29 is 9.53 Å². The quantitative estimate of drug-likeness (QED) is 0.638. The molecule has 7 nitrogen and oxygen atoms in total. The summed E-state index contributed by atoms with van der Waals surface area (Å²) in [6, 6.07) is 3.89. The van der Waals surface area contributed by atoms with Gasteiger partial charge < -0.3 is 9.30 Å². The molecule has 1 unspecified atom stereocenters. The fourth-order valence-electron chi connectivity index (χ4n) is 2.94. The van der Waals surface area contributed by atoms with Crippen molar-refractivity contribution in [2.24, 2.45) is 0 Å². The van der Waals surface area contributed by atoms with Crippen LogP contribution in [0.5, 0.6) is 0 Å². The second-order valence-electron chi connectivity index (χ2n) is 6.37. The zero-order valence-electron chi connectivity index (χ0n) is 15.1. The number of carbonyl (C=O) groups is 1. The van der Waals surface area contributed by atoms with Crippen molar-refractivity contribution in [1.29, 1.82) is 0 Å². The van der Waals surface area contributed by atoms with Gasteiger partial charge in [-0.2, -0.15) is 0 Å². The topological polar surface area (TPSA) is 81.9 Å². The number of ether oxygens (including phenoxy) is 1. The summed E-state index contributed by atoms with van der Waals surface area (Å²) in [6.45, 7) is 2.89. The summed E-state index contributed by atoms with van der Waals surface area (Å²) in [5, 5.41) is 13.3. The van der Waals surface area contributed by atoms with Crippen molar-refractivity contribution >= 4 is 33.7 Å². The van der Waals surface area contributed by atoms with E-state index >= 15 is 0 Å². The Morgan fingerprint density at radius 3 is 2.93 bits per heavy atom. The Bertz CT molecular complexity index is 897. The normalized spacial score (nSPS) is 16.7. The molecule has 1 aliphatic rings. The van der Waals surface area contributed by atoms with Crippen LogP contribution in [0.2, 0.25) is 0 Å². The van der Waals surface area contributed by atoms with Gasteiger partial charge in [0.15, 0.2) is 5.13 Å². The van der Waals surface area contributed by atoms with Gasteiger partial charge in [-0.1, -0.05) is 36.0 Å². The van der Waals surface area contributed by atoms with Crippen LogP contribution in [0, 0.1) is 0 Å². The number of thiazole rings is 1. The lowest BCUT2D eigenvalue weighted by atomic mass is 10.2. The van der Waals surface area contributed by atoms with E-state index in [1.807, 2.05) is 29.1 Å². The summed E-state index contributed by atoms with van der Waals surface area (Å²) < 4.78 is 7.56. The third-order valence-corrected chi connectivity index (χ3v) is 6.39. The second-order valence-corrected chi connectivity index (χ2v) is 8.35. The van der Waals surface area contributed by atoms with Crippen LogP contribution >= 0.6 is 22.7 Å². The Labute approximate surface area is 165 Å². The molecular formula is C18H21N5O2S2. The molecule has 1 aliphatic heterocycles. The lowest BCUT2D eigenvalue weighted by molar-refractivity contribution is 0.102. The fraction of sp³-hybridized carbons (Fsp3) is 0.444. The Kier molecular flexibility index (Phi) is 5.61. The number of amides is 1. The first-order valence-corrected chi connectivity index (χ1v) is 10.8. The first-order valence-electron chi connectivity index (χ1n) is 9.14. The molecule has 1 amide bonds. The Hall–Kier alpha value is -2.10. The number of aryl methyl sites for hydroxylation is 1. The van der Waals surface area contributed by atoms with E-state index in [0.29, 0.717) is 10.0 Å². The minimum Gasteiger partial charge on any atom is -0.371 e. The third-order valence-electron chi connectivity index (χ3n) is 4.35. The number of anilines is 1. The van der Waals surface area contributed by atoms with E-state index in [-0.39, 0.29) is 12.0 Å². The molecule has 27 heavy (non-hydrogen) atoms. The monoisotopic (exact) mass is 403 g/mol. The minimum absolute atomic E-state index is 0.0111. The summed E-state index contributed by atoms with van der Waals surface area (Å²) in [4.78, 5) is 18.2. The first-order chi connectivity index (χ1) is 13.2. The summed E-state index contributed by atoms with van der Waals surface area (Å²) in [5.41, 5.74) is 0.840. The Balaban J connectivity index is 1.53. The standard InChI is InChI=1S/C18H21N5O2S2/c1-2-3-7-12-14(26-18(19-12)23-9-4-5-10-23)15(24)20-17-22-21-16(27-17)13-8-6-11-25-13/h4-5,9-10,13H,2-3,6-8,11H2,1H3,(H,20,22,24). The molecule has 4 heterocycles. The van der Waals surface area contributed by atoms with Crippen molar-refractivity contribution in [3.63, 3.8) is 0 Å². The number of nitrogens with zero attached hydrogens (tertiary/aromatic N) is 4. The molecule has 1 N–H and O–H groups in total. The highest BCUT2D eigenvalue weighted by Gasteiger charge is 2.24. The van der Waals surface area contributed by atoms with Crippen LogP contribution in [0.15, 0.2) is 24.5 Å². The van der Waals surface area contributed by atoms with Gasteiger partial charge in [-0.15, -0.1) is 10.2 Å². The third kappa shape index (κ3) is 4.10. The van der Waals surface area contributed by atoms with E-state index in [4.69, 9.17) is 4.74 Å². The van der Waals surface area contributed by atoms with E-state index < -0.39 is 0 Å². The summed E-state index contributed by atoms with van der Waals surface area (Å²) >= 11 is 2.78. The van der Waals surface area contributed by atoms with Crippen molar-refractivity contribution in [3.05, 3.63) is 40.1 Å². The van der Waals surface area contributed by atoms with Crippen molar-refractivity contribution in [1.82, 2.24) is 19.7 Å². The minimum atomic E-state index is -0.174. The molecule has 0 saturated carbocycles. The Morgan fingerprint density at radius 1 is 1.33 bits per heavy atom. The van der Waals surface area contributed by atoms with Crippen LogP contribution in [0.4, 0.5) is 5.13 Å². The zero-order chi connectivity index (χ0) is 18.6. The molecule has 1 saturated heterocycles. The number of rotatable bonds is 7. The van der Waals surface area contributed by atoms with Gasteiger partial charge in [-0.05, 0) is 37.8 Å². The maximum Gasteiger partial charge on any atom is 0.269 e. The SMILES string of the molecule is CCCCc1nc(-n2cccc2)sc1C(=O)Nc1nnc(C2CCCO2)s1. The molecule has 3 aromatic rings. The number of aromatic nitrogens is 4. The molecule has 0 aromatic carbocycles. The van der Waals surface area contributed by atoms with E-state index in [1.165, 1.54) is 22.7 Å². The average molecular weight is 404 g/mol. The zero-order valence-corrected chi connectivity index (χ0v) is 16.7. The molecule has 0 aliphatic carbocycles. The van der Waals surface area contributed by atoms with E-state index in [2.05, 4.69) is 27.4 Å². The van der Waals surface area contributed by atoms with E-state index in [0.717, 1.165) is 54.5 Å². The van der Waals surface area contributed by atoms with Crippen LogP contribution in [-0.4, -0.2) is 32.3 Å². The van der Waals surface area contributed by atoms with Gasteiger partial charge in [0.05, 0.1) is 5.69 Å². The lowest BCUT2D eigenvalue weighted by Gasteiger charge is -2.02. The molecule has 142 valence electrons. The molecule has 0 bridgehead atoms. The average Bonchev–Trinajstić information content (AvgIpc) is 3.46. The van der Waals surface area contributed by atoms with Crippen LogP contribution in [0.3, 0.4) is 0 Å². The van der Waals surface area contributed by atoms with Crippen LogP contribution in [0.25, 0.3) is 5.13 Å². The first kappa shape index (κ1) is 18.3. The van der Waals surface area contributed by atoms with E-state index in [1.54, 1.807) is 0 Å². The van der Waals surface area contributed by atoms with E-state index in [9.17, 15) is 4.79 Å². The van der Waals surface area contributed by atoms with Gasteiger partial charge in [0, 0.05) is 19.0 Å². The highest BCUT2D eigenvalue weighted by molar-refractivity contribution is 7.17. The van der Waals surface area contributed by atoms with Crippen molar-refractivity contribution in [3.8, 4) is 5.13 Å². The number of hydrogen-bond acceptors (Lipinski definition) is 7.